The Labute approximate surface area is 56.9 Å². The van der Waals surface area contributed by atoms with Crippen molar-refractivity contribution in [2.45, 2.75) is 0 Å². The molecule has 0 aliphatic carbocycles. The third-order valence-electron chi connectivity index (χ3n) is 0.111. The van der Waals surface area contributed by atoms with Crippen molar-refractivity contribution in [3.05, 3.63) is 25.3 Å². The molecular formula is C5H5ORh. The summed E-state index contributed by atoms with van der Waals surface area (Å²) < 4.78 is 0. The summed E-state index contributed by atoms with van der Waals surface area (Å²) in [6, 6.07) is 0. The maximum Gasteiger partial charge on any atom is 3.00 e. The van der Waals surface area contributed by atoms with Crippen molar-refractivity contribution in [3.8, 4) is 0 Å². The fourth-order valence-electron chi connectivity index (χ4n) is 0. The van der Waals surface area contributed by atoms with Crippen LogP contribution in [0, 0.1) is 13.2 Å². The van der Waals surface area contributed by atoms with Crippen molar-refractivity contribution >= 4 is 6.79 Å². The quantitative estimate of drug-likeness (QED) is 0.253. The van der Waals surface area contributed by atoms with Crippen molar-refractivity contribution < 1.29 is 24.3 Å². The molecule has 0 N–H and O–H groups in total. The summed E-state index contributed by atoms with van der Waals surface area (Å²) in [5.74, 6) is 0. The first-order valence-electron chi connectivity index (χ1n) is 1.24. The molecule has 40 valence electrons. The second-order valence-corrected chi connectivity index (χ2v) is 0.385. The average molecular weight is 184 g/mol. The predicted molar refractivity (Wildman–Crippen MR) is 24.5 cm³/mol. The SMILES string of the molecule is [CH-]=CC=[CH-].[CH-]=O.[Rh+3]. The molecule has 0 spiro atoms. The van der Waals surface area contributed by atoms with E-state index in [4.69, 9.17) is 18.0 Å². The van der Waals surface area contributed by atoms with Gasteiger partial charge in [-0.25, -0.2) is 0 Å². The first kappa shape index (κ1) is 15.9. The number of hydrogen-bond acceptors (Lipinski definition) is 1. The molecule has 0 unspecified atom stereocenters. The van der Waals surface area contributed by atoms with Crippen LogP contribution in [-0.2, 0) is 24.3 Å². The second kappa shape index (κ2) is 41.8. The molecule has 0 bridgehead atoms. The van der Waals surface area contributed by atoms with Gasteiger partial charge in [-0.15, -0.1) is 0 Å². The van der Waals surface area contributed by atoms with Crippen LogP contribution in [0.3, 0.4) is 0 Å². The van der Waals surface area contributed by atoms with E-state index in [1.165, 1.54) is 12.2 Å². The van der Waals surface area contributed by atoms with E-state index in [-0.39, 0.29) is 19.5 Å². The zero-order valence-corrected chi connectivity index (χ0v) is 5.27. The summed E-state index contributed by atoms with van der Waals surface area (Å²) in [7, 11) is 0. The van der Waals surface area contributed by atoms with Crippen LogP contribution in [0.2, 0.25) is 0 Å². The third-order valence-corrected chi connectivity index (χ3v) is 0.111. The topological polar surface area (TPSA) is 17.1 Å². The van der Waals surface area contributed by atoms with Crippen LogP contribution in [0.25, 0.3) is 0 Å². The van der Waals surface area contributed by atoms with Gasteiger partial charge in [0, 0.05) is 0 Å². The second-order valence-electron chi connectivity index (χ2n) is 0.385. The summed E-state index contributed by atoms with van der Waals surface area (Å²) in [5.41, 5.74) is 0. The van der Waals surface area contributed by atoms with Gasteiger partial charge in [-0.2, -0.15) is 0 Å². The summed E-state index contributed by atoms with van der Waals surface area (Å²) in [6.45, 7) is 12.7. The standard InChI is InChI=1S/C4H4.CHO.Rh/c1-3-4-2;1-2;/h1-4H;1H;/q-2;-1;+3. The zero-order chi connectivity index (χ0) is 5.41. The molecule has 2 heteroatoms. The molecule has 0 aliphatic rings. The van der Waals surface area contributed by atoms with E-state index in [0.29, 0.717) is 0 Å². The van der Waals surface area contributed by atoms with Crippen LogP contribution in [-0.4, -0.2) is 6.79 Å². The molecule has 7 heavy (non-hydrogen) atoms. The van der Waals surface area contributed by atoms with Crippen molar-refractivity contribution in [2.24, 2.45) is 0 Å². The minimum atomic E-state index is 0. The van der Waals surface area contributed by atoms with Gasteiger partial charge >= 0.3 is 19.5 Å². The van der Waals surface area contributed by atoms with Crippen LogP contribution in [0.5, 0.6) is 0 Å². The molecule has 0 aromatic carbocycles. The smallest absolute Gasteiger partial charge is 0.545 e. The fraction of sp³-hybridized carbons (Fsp3) is 0. The Morgan fingerprint density at radius 3 is 1.14 bits per heavy atom. The molecular weight excluding hydrogens is 179 g/mol. The van der Waals surface area contributed by atoms with E-state index in [9.17, 15) is 0 Å². The first-order valence-corrected chi connectivity index (χ1v) is 1.24. The Morgan fingerprint density at radius 1 is 1.00 bits per heavy atom. The van der Waals surface area contributed by atoms with E-state index < -0.39 is 0 Å². The van der Waals surface area contributed by atoms with E-state index >= 15 is 0 Å². The first-order chi connectivity index (χ1) is 2.91. The van der Waals surface area contributed by atoms with Gasteiger partial charge in [-0.05, 0) is 0 Å². The van der Waals surface area contributed by atoms with Gasteiger partial charge in [0.15, 0.2) is 0 Å². The molecule has 0 atom stereocenters. The van der Waals surface area contributed by atoms with Crippen molar-refractivity contribution in [3.63, 3.8) is 0 Å². The predicted octanol–water partition coefficient (Wildman–Crippen LogP) is 0.688. The van der Waals surface area contributed by atoms with Gasteiger partial charge in [0.05, 0.1) is 0 Å². The molecule has 0 fully saturated rings. The maximum absolute atomic E-state index is 7.75. The van der Waals surface area contributed by atoms with Gasteiger partial charge in [0.1, 0.15) is 0 Å². The molecule has 0 heterocycles. The summed E-state index contributed by atoms with van der Waals surface area (Å²) in [6.07, 6.45) is 2.56. The Kier molecular flexibility index (Phi) is 94.8. The fourth-order valence-corrected chi connectivity index (χ4v) is 0. The van der Waals surface area contributed by atoms with E-state index in [1.54, 1.807) is 0 Å². The van der Waals surface area contributed by atoms with Crippen LogP contribution in [0.15, 0.2) is 12.2 Å². The summed E-state index contributed by atoms with van der Waals surface area (Å²) in [5, 5.41) is 0. The molecule has 0 rings (SSSR count). The van der Waals surface area contributed by atoms with Crippen LogP contribution in [0.4, 0.5) is 0 Å². The summed E-state index contributed by atoms with van der Waals surface area (Å²) in [4.78, 5) is 7.75. The third kappa shape index (κ3) is 137. The minimum absolute atomic E-state index is 0. The Balaban J connectivity index is -0.0000000480. The molecule has 1 nitrogen and oxygen atoms in total. The maximum atomic E-state index is 7.75. The van der Waals surface area contributed by atoms with Gasteiger partial charge in [-0.3, -0.25) is 6.79 Å². The van der Waals surface area contributed by atoms with Crippen molar-refractivity contribution in [1.82, 2.24) is 0 Å². The largest absolute Gasteiger partial charge is 3.00 e. The Hall–Kier alpha value is -0.227. The number of carbonyl (C=O) groups excluding carboxylic acids is 1. The molecule has 0 aromatic rings. The molecule has 0 amide bonds. The number of rotatable bonds is 1. The monoisotopic (exact) mass is 184 g/mol. The van der Waals surface area contributed by atoms with Gasteiger partial charge in [-0.1, -0.05) is 0 Å². The van der Waals surface area contributed by atoms with Crippen LogP contribution >= 0.6 is 0 Å². The van der Waals surface area contributed by atoms with E-state index in [0.717, 1.165) is 0 Å². The van der Waals surface area contributed by atoms with Gasteiger partial charge < -0.3 is 30.1 Å². The average Bonchev–Trinajstić information content (AvgIpc) is 1.72. The Bertz CT molecular complexity index is 37.3. The molecule has 0 aliphatic heterocycles. The molecule has 0 saturated carbocycles. The Morgan fingerprint density at radius 2 is 1.14 bits per heavy atom. The normalized spacial score (nSPS) is 3.43. The van der Waals surface area contributed by atoms with Crippen molar-refractivity contribution in [2.75, 3.05) is 0 Å². The van der Waals surface area contributed by atoms with Crippen molar-refractivity contribution in [1.29, 1.82) is 0 Å². The minimum Gasteiger partial charge on any atom is -0.545 e. The van der Waals surface area contributed by atoms with E-state index in [2.05, 4.69) is 6.79 Å². The molecule has 0 aromatic heterocycles. The van der Waals surface area contributed by atoms with E-state index in [1.807, 2.05) is 0 Å². The van der Waals surface area contributed by atoms with Crippen LogP contribution in [0.1, 0.15) is 0 Å². The molecule has 0 saturated heterocycles. The van der Waals surface area contributed by atoms with Crippen LogP contribution < -0.4 is 0 Å². The summed E-state index contributed by atoms with van der Waals surface area (Å²) >= 11 is 0. The zero-order valence-electron chi connectivity index (χ0n) is 3.63. The number of allylic oxidation sites excluding steroid dienone is 2. The number of hydrogen-bond donors (Lipinski definition) is 0. The molecule has 0 radical (unpaired) electrons. The van der Waals surface area contributed by atoms with Gasteiger partial charge in [0.25, 0.3) is 0 Å². The van der Waals surface area contributed by atoms with Gasteiger partial charge in [0.2, 0.25) is 0 Å².